The molecule has 2 heterocycles. The fourth-order valence-corrected chi connectivity index (χ4v) is 6.45. The maximum absolute atomic E-state index is 13.5. The molecule has 0 fully saturated rings. The fourth-order valence-electron chi connectivity index (χ4n) is 6.04. The first-order chi connectivity index (χ1) is 22.8. The molecule has 0 unspecified atom stereocenters. The van der Waals surface area contributed by atoms with E-state index in [2.05, 4.69) is 10.6 Å². The Morgan fingerprint density at radius 2 is 1.00 bits per heavy atom. The van der Waals surface area contributed by atoms with E-state index < -0.39 is 45.6 Å². The number of nitro benzene ring substituents is 2. The number of nitro groups is 2. The third-order valence-corrected chi connectivity index (χ3v) is 9.37. The Balaban J connectivity index is 1.11. The third kappa shape index (κ3) is 5.20. The Bertz CT molecular complexity index is 2030. The molecule has 0 aliphatic carbocycles. The Kier molecular flexibility index (Phi) is 8.14. The summed E-state index contributed by atoms with van der Waals surface area (Å²) in [5, 5.41) is 30.4. The quantitative estimate of drug-likeness (QED) is 0.0838. The number of rotatable bonds is 9. The maximum Gasteiger partial charge on any atom is 0.270 e. The molecule has 2 N–H and O–H groups in total. The number of hydrogen-bond donors (Lipinski definition) is 2. The molecule has 2 aliphatic heterocycles. The van der Waals surface area contributed by atoms with Crippen molar-refractivity contribution in [3.05, 3.63) is 103 Å². The summed E-state index contributed by atoms with van der Waals surface area (Å²) in [5.74, 6) is -2.60. The second kappa shape index (κ2) is 12.1. The standard InChI is InChI=1S/C32H24N6O8S2/c1-15(35-29(39)21-7-3-5-17-11-19(37(43)44)13-23(25(17)21)31(35)41)27(47)33-9-10-34-28(48)16(2)36-30(40)22-8-4-6-18-12-20(38(45)46)14-24(26(18)22)32(36)42/h3-8,11-16H,9-10H2,1-2H3,(H,33,47)(H,34,48)/t15-,16-/m0/s1. The van der Waals surface area contributed by atoms with E-state index in [-0.39, 0.29) is 56.7 Å². The number of amides is 4. The van der Waals surface area contributed by atoms with Gasteiger partial charge in [0.05, 0.1) is 43.0 Å². The lowest BCUT2D eigenvalue weighted by Gasteiger charge is -2.33. The van der Waals surface area contributed by atoms with Crippen molar-refractivity contribution in [2.24, 2.45) is 0 Å². The maximum atomic E-state index is 13.5. The molecule has 0 spiro atoms. The zero-order valence-corrected chi connectivity index (χ0v) is 26.8. The van der Waals surface area contributed by atoms with Crippen LogP contribution in [0.25, 0.3) is 21.5 Å². The highest BCUT2D eigenvalue weighted by Gasteiger charge is 2.40. The minimum Gasteiger partial charge on any atom is -0.376 e. The molecule has 0 bridgehead atoms. The van der Waals surface area contributed by atoms with Crippen LogP contribution in [0.2, 0.25) is 0 Å². The minimum absolute atomic E-state index is 0.0281. The molecule has 4 aromatic carbocycles. The van der Waals surface area contributed by atoms with E-state index in [0.29, 0.717) is 21.5 Å². The van der Waals surface area contributed by atoms with Gasteiger partial charge in [0.1, 0.15) is 0 Å². The number of thiocarbonyl (C=S) groups is 2. The molecule has 14 nitrogen and oxygen atoms in total. The topological polar surface area (TPSA) is 185 Å². The second-order valence-corrected chi connectivity index (χ2v) is 12.1. The molecule has 2 atom stereocenters. The van der Waals surface area contributed by atoms with Gasteiger partial charge in [0, 0.05) is 59.3 Å². The van der Waals surface area contributed by atoms with Crippen molar-refractivity contribution in [3.8, 4) is 0 Å². The van der Waals surface area contributed by atoms with Gasteiger partial charge in [-0.1, -0.05) is 48.7 Å². The Morgan fingerprint density at radius 3 is 1.35 bits per heavy atom. The molecular formula is C32H24N6O8S2. The SMILES string of the molecule is C[C@@H](C(=S)NCCNC(=S)[C@H](C)N1C(=O)c2cccc3cc([N+](=O)[O-])cc(c23)C1=O)N1C(=O)c2cccc3cc([N+](=O)[O-])cc(c23)C1=O. The summed E-state index contributed by atoms with van der Waals surface area (Å²) < 4.78 is 0. The summed E-state index contributed by atoms with van der Waals surface area (Å²) in [5.41, 5.74) is -0.0543. The van der Waals surface area contributed by atoms with E-state index in [0.717, 1.165) is 21.9 Å². The first kappa shape index (κ1) is 32.2. The number of hydrogen-bond acceptors (Lipinski definition) is 10. The van der Waals surface area contributed by atoms with E-state index in [1.807, 2.05) is 0 Å². The van der Waals surface area contributed by atoms with Crippen LogP contribution in [-0.2, 0) is 0 Å². The number of carbonyl (C=O) groups excluding carboxylic acids is 4. The van der Waals surface area contributed by atoms with Crippen LogP contribution in [0.3, 0.4) is 0 Å². The van der Waals surface area contributed by atoms with E-state index >= 15 is 0 Å². The average Bonchev–Trinajstić information content (AvgIpc) is 3.06. The van der Waals surface area contributed by atoms with Gasteiger partial charge in [-0.3, -0.25) is 49.2 Å². The lowest BCUT2D eigenvalue weighted by molar-refractivity contribution is -0.384. The van der Waals surface area contributed by atoms with Crippen LogP contribution >= 0.6 is 24.4 Å². The minimum atomic E-state index is -0.913. The molecule has 2 aliphatic rings. The first-order valence-electron chi connectivity index (χ1n) is 14.5. The highest BCUT2D eigenvalue weighted by Crippen LogP contribution is 2.36. The van der Waals surface area contributed by atoms with E-state index in [1.54, 1.807) is 50.2 Å². The smallest absolute Gasteiger partial charge is 0.270 e. The molecule has 0 saturated heterocycles. The summed E-state index contributed by atoms with van der Waals surface area (Å²) in [7, 11) is 0. The lowest BCUT2D eigenvalue weighted by Crippen LogP contribution is -2.53. The largest absolute Gasteiger partial charge is 0.376 e. The molecule has 242 valence electrons. The molecular weight excluding hydrogens is 661 g/mol. The highest BCUT2D eigenvalue weighted by molar-refractivity contribution is 7.80. The summed E-state index contributed by atoms with van der Waals surface area (Å²) in [6.07, 6.45) is 0. The van der Waals surface area contributed by atoms with Crippen molar-refractivity contribution in [2.75, 3.05) is 13.1 Å². The lowest BCUT2D eigenvalue weighted by atomic mass is 9.92. The zero-order valence-electron chi connectivity index (χ0n) is 25.2. The molecule has 0 aromatic heterocycles. The van der Waals surface area contributed by atoms with Gasteiger partial charge in [-0.15, -0.1) is 0 Å². The summed E-state index contributed by atoms with van der Waals surface area (Å²) in [6.45, 7) is 3.45. The molecule has 48 heavy (non-hydrogen) atoms. The number of carbonyl (C=O) groups is 4. The van der Waals surface area contributed by atoms with E-state index in [4.69, 9.17) is 24.4 Å². The van der Waals surface area contributed by atoms with Crippen molar-refractivity contribution in [1.82, 2.24) is 20.4 Å². The summed E-state index contributed by atoms with van der Waals surface area (Å²) in [4.78, 5) is 77.8. The van der Waals surface area contributed by atoms with Gasteiger partial charge in [0.2, 0.25) is 0 Å². The van der Waals surface area contributed by atoms with Crippen molar-refractivity contribution in [2.45, 2.75) is 25.9 Å². The number of imide groups is 2. The average molecular weight is 685 g/mol. The van der Waals surface area contributed by atoms with Gasteiger partial charge in [-0.05, 0) is 36.8 Å². The predicted molar refractivity (Wildman–Crippen MR) is 182 cm³/mol. The van der Waals surface area contributed by atoms with Crippen LogP contribution < -0.4 is 10.6 Å². The number of nitrogens with zero attached hydrogens (tertiary/aromatic N) is 4. The molecule has 4 aromatic rings. The van der Waals surface area contributed by atoms with Crippen molar-refractivity contribution < 1.29 is 29.0 Å². The monoisotopic (exact) mass is 684 g/mol. The summed E-state index contributed by atoms with van der Waals surface area (Å²) >= 11 is 11.0. The van der Waals surface area contributed by atoms with Crippen molar-refractivity contribution >= 4 is 91.0 Å². The molecule has 0 radical (unpaired) electrons. The molecule has 4 amide bonds. The van der Waals surface area contributed by atoms with Gasteiger partial charge >= 0.3 is 0 Å². The van der Waals surface area contributed by atoms with Gasteiger partial charge in [-0.25, -0.2) is 0 Å². The number of non-ortho nitro benzene ring substituents is 2. The molecule has 6 rings (SSSR count). The van der Waals surface area contributed by atoms with E-state index in [1.165, 1.54) is 12.1 Å². The van der Waals surface area contributed by atoms with Crippen molar-refractivity contribution in [3.63, 3.8) is 0 Å². The predicted octanol–water partition coefficient (Wildman–Crippen LogP) is 4.31. The Labute approximate surface area is 282 Å². The van der Waals surface area contributed by atoms with Crippen LogP contribution in [0.4, 0.5) is 11.4 Å². The normalized spacial score (nSPS) is 15.0. The van der Waals surface area contributed by atoms with Gasteiger partial charge < -0.3 is 10.6 Å². The van der Waals surface area contributed by atoms with Crippen LogP contribution in [-0.4, -0.2) is 78.4 Å². The highest BCUT2D eigenvalue weighted by atomic mass is 32.1. The Morgan fingerprint density at radius 1 is 0.646 bits per heavy atom. The first-order valence-corrected chi connectivity index (χ1v) is 15.4. The third-order valence-electron chi connectivity index (χ3n) is 8.40. The van der Waals surface area contributed by atoms with Crippen LogP contribution in [0.1, 0.15) is 55.3 Å². The zero-order chi connectivity index (χ0) is 34.6. The van der Waals surface area contributed by atoms with Gasteiger partial charge in [0.25, 0.3) is 35.0 Å². The fraction of sp³-hybridized carbons (Fsp3) is 0.188. The molecule has 16 heteroatoms. The van der Waals surface area contributed by atoms with Gasteiger partial charge in [0.15, 0.2) is 0 Å². The van der Waals surface area contributed by atoms with Gasteiger partial charge in [-0.2, -0.15) is 0 Å². The summed E-state index contributed by atoms with van der Waals surface area (Å²) in [6, 6.07) is 12.6. The van der Waals surface area contributed by atoms with Crippen LogP contribution in [0, 0.1) is 20.2 Å². The van der Waals surface area contributed by atoms with Crippen LogP contribution in [0.5, 0.6) is 0 Å². The molecule has 0 saturated carbocycles. The second-order valence-electron chi connectivity index (χ2n) is 11.2. The Hall–Kier alpha value is -5.74. The number of nitrogens with one attached hydrogen (secondary N) is 2. The van der Waals surface area contributed by atoms with Crippen LogP contribution in [0.15, 0.2) is 60.7 Å². The number of benzene rings is 4. The van der Waals surface area contributed by atoms with E-state index in [9.17, 15) is 39.4 Å². The van der Waals surface area contributed by atoms with Crippen molar-refractivity contribution in [1.29, 1.82) is 0 Å².